The lowest BCUT2D eigenvalue weighted by atomic mass is 10.1. The Morgan fingerprint density at radius 1 is 1.22 bits per heavy atom. The van der Waals surface area contributed by atoms with Crippen LogP contribution >= 0.6 is 12.2 Å². The van der Waals surface area contributed by atoms with Crippen molar-refractivity contribution in [2.75, 3.05) is 14.2 Å². The molecule has 0 radical (unpaired) electrons. The number of aryl methyl sites for hydroxylation is 1. The molecule has 0 fully saturated rings. The van der Waals surface area contributed by atoms with Crippen LogP contribution in [0.2, 0.25) is 0 Å². The van der Waals surface area contributed by atoms with Crippen LogP contribution < -0.4 is 9.47 Å². The maximum absolute atomic E-state index is 12.1. The average molecular weight is 329 g/mol. The third-order valence-corrected chi connectivity index (χ3v) is 3.87. The van der Waals surface area contributed by atoms with Crippen LogP contribution in [0.4, 0.5) is 0 Å². The molecule has 1 aliphatic heterocycles. The molecule has 0 saturated carbocycles. The molecule has 0 spiro atoms. The number of pyridine rings is 1. The number of carbonyl (C=O) groups is 1. The fraction of sp³-hybridized carbons (Fsp3) is 0.176. The lowest BCUT2D eigenvalue weighted by Gasteiger charge is -2.08. The number of methoxy groups -OCH3 is 2. The van der Waals surface area contributed by atoms with Crippen molar-refractivity contribution in [3.63, 3.8) is 0 Å². The summed E-state index contributed by atoms with van der Waals surface area (Å²) in [6.07, 6.45) is 1.76. The van der Waals surface area contributed by atoms with Crippen molar-refractivity contribution in [2.45, 2.75) is 6.92 Å². The minimum atomic E-state index is -0.444. The normalized spacial score (nSPS) is 14.6. The Labute approximate surface area is 138 Å². The Kier molecular flexibility index (Phi) is 3.92. The number of rotatable bonds is 3. The van der Waals surface area contributed by atoms with Crippen molar-refractivity contribution in [3.8, 4) is 11.5 Å². The molecule has 23 heavy (non-hydrogen) atoms. The van der Waals surface area contributed by atoms with Gasteiger partial charge in [0.15, 0.2) is 0 Å². The van der Waals surface area contributed by atoms with E-state index < -0.39 is 5.97 Å². The second kappa shape index (κ2) is 5.89. The molecule has 0 atom stereocenters. The summed E-state index contributed by atoms with van der Waals surface area (Å²) in [5, 5.41) is 0. The van der Waals surface area contributed by atoms with Crippen molar-refractivity contribution in [2.24, 2.45) is 0 Å². The van der Waals surface area contributed by atoms with Gasteiger partial charge in [-0.1, -0.05) is 12.2 Å². The minimum Gasteiger partial charge on any atom is -0.497 e. The van der Waals surface area contributed by atoms with Crippen LogP contribution in [0.3, 0.4) is 0 Å². The zero-order valence-corrected chi connectivity index (χ0v) is 13.7. The Morgan fingerprint density at radius 3 is 2.70 bits per heavy atom. The van der Waals surface area contributed by atoms with Gasteiger partial charge in [-0.2, -0.15) is 0 Å². The van der Waals surface area contributed by atoms with E-state index in [0.717, 1.165) is 11.3 Å². The second-order valence-corrected chi connectivity index (χ2v) is 5.48. The van der Waals surface area contributed by atoms with Gasteiger partial charge in [0.2, 0.25) is 0 Å². The summed E-state index contributed by atoms with van der Waals surface area (Å²) in [6.45, 7) is 1.88. The van der Waals surface area contributed by atoms with Gasteiger partial charge >= 0.3 is 5.97 Å². The van der Waals surface area contributed by atoms with E-state index in [4.69, 9.17) is 26.4 Å². The highest BCUT2D eigenvalue weighted by molar-refractivity contribution is 7.71. The molecule has 5 nitrogen and oxygen atoms in total. The molecular formula is C17H15NO4S. The standard InChI is InChI=1S/C17H15NO4S/c1-9-6-12-14(22-17(19)15(12)16(23)18-9)7-10-4-5-11(20-2)8-13(10)21-3/h4-8H,1-3H3,(H,18,23)/b14-7+. The summed E-state index contributed by atoms with van der Waals surface area (Å²) >= 11 is 5.22. The third kappa shape index (κ3) is 2.73. The Bertz CT molecular complexity index is 883. The molecule has 0 amide bonds. The number of aromatic nitrogens is 1. The smallest absolute Gasteiger partial charge is 0.347 e. The maximum Gasteiger partial charge on any atom is 0.347 e. The van der Waals surface area contributed by atoms with E-state index in [9.17, 15) is 4.79 Å². The predicted octanol–water partition coefficient (Wildman–Crippen LogP) is 3.74. The van der Waals surface area contributed by atoms with E-state index in [1.54, 1.807) is 26.4 Å². The van der Waals surface area contributed by atoms with Gasteiger partial charge in [-0.3, -0.25) is 0 Å². The first-order valence-corrected chi connectivity index (χ1v) is 7.34. The molecule has 1 N–H and O–H groups in total. The molecule has 1 aromatic carbocycles. The number of aromatic amines is 1. The van der Waals surface area contributed by atoms with Crippen LogP contribution in [0.15, 0.2) is 24.3 Å². The van der Waals surface area contributed by atoms with Crippen molar-refractivity contribution in [1.82, 2.24) is 4.98 Å². The summed E-state index contributed by atoms with van der Waals surface area (Å²) in [4.78, 5) is 15.0. The number of cyclic esters (lactones) is 1. The molecule has 0 unspecified atom stereocenters. The van der Waals surface area contributed by atoms with Gasteiger partial charge in [-0.25, -0.2) is 4.79 Å². The summed E-state index contributed by atoms with van der Waals surface area (Å²) in [7, 11) is 3.16. The molecule has 0 aliphatic carbocycles. The highest BCUT2D eigenvalue weighted by Crippen LogP contribution is 2.34. The van der Waals surface area contributed by atoms with E-state index in [1.165, 1.54) is 0 Å². The van der Waals surface area contributed by atoms with E-state index in [2.05, 4.69) is 4.98 Å². The monoisotopic (exact) mass is 329 g/mol. The number of ether oxygens (including phenoxy) is 3. The minimum absolute atomic E-state index is 0.384. The third-order valence-electron chi connectivity index (χ3n) is 3.57. The average Bonchev–Trinajstić information content (AvgIpc) is 2.83. The highest BCUT2D eigenvalue weighted by atomic mass is 32.1. The molecule has 2 heterocycles. The molecule has 6 heteroatoms. The van der Waals surface area contributed by atoms with Gasteiger partial charge in [-0.05, 0) is 31.2 Å². The summed E-state index contributed by atoms with van der Waals surface area (Å²) < 4.78 is 16.3. The number of nitrogens with one attached hydrogen (secondary N) is 1. The first-order valence-electron chi connectivity index (χ1n) is 6.93. The first-order chi connectivity index (χ1) is 11.0. The molecule has 118 valence electrons. The van der Waals surface area contributed by atoms with E-state index in [1.807, 2.05) is 25.1 Å². The van der Waals surface area contributed by atoms with Crippen molar-refractivity contribution >= 4 is 30.0 Å². The summed E-state index contributed by atoms with van der Waals surface area (Å²) in [5.74, 6) is 1.32. The quantitative estimate of drug-likeness (QED) is 0.686. The van der Waals surface area contributed by atoms with Gasteiger partial charge in [0.1, 0.15) is 27.5 Å². The SMILES string of the molecule is COc1ccc(/C=C2/OC(=O)c3c2cc(C)[nH]c3=S)c(OC)c1. The molecule has 3 rings (SSSR count). The van der Waals surface area contributed by atoms with Gasteiger partial charge in [0, 0.05) is 22.9 Å². The van der Waals surface area contributed by atoms with E-state index >= 15 is 0 Å². The Balaban J connectivity index is 2.13. The zero-order chi connectivity index (χ0) is 16.6. The molecule has 0 saturated heterocycles. The fourth-order valence-corrected chi connectivity index (χ4v) is 2.83. The number of hydrogen-bond acceptors (Lipinski definition) is 5. The lowest BCUT2D eigenvalue weighted by Crippen LogP contribution is -1.97. The van der Waals surface area contributed by atoms with Crippen molar-refractivity contribution < 1.29 is 19.0 Å². The summed E-state index contributed by atoms with van der Waals surface area (Å²) in [6, 6.07) is 7.27. The molecule has 2 aromatic rings. The van der Waals surface area contributed by atoms with Crippen LogP contribution in [0, 0.1) is 11.6 Å². The number of hydrogen-bond donors (Lipinski definition) is 1. The van der Waals surface area contributed by atoms with Gasteiger partial charge < -0.3 is 19.2 Å². The van der Waals surface area contributed by atoms with Crippen LogP contribution in [-0.4, -0.2) is 25.2 Å². The fourth-order valence-electron chi connectivity index (χ4n) is 2.48. The van der Waals surface area contributed by atoms with Crippen LogP contribution in [0.25, 0.3) is 11.8 Å². The topological polar surface area (TPSA) is 60.5 Å². The van der Waals surface area contributed by atoms with Gasteiger partial charge in [0.05, 0.1) is 14.2 Å². The number of esters is 1. The van der Waals surface area contributed by atoms with Crippen LogP contribution in [0.5, 0.6) is 11.5 Å². The second-order valence-electron chi connectivity index (χ2n) is 5.08. The molecule has 0 bridgehead atoms. The summed E-state index contributed by atoms with van der Waals surface area (Å²) in [5.41, 5.74) is 2.72. The first kappa shape index (κ1) is 15.3. The van der Waals surface area contributed by atoms with Gasteiger partial charge in [-0.15, -0.1) is 0 Å². The number of H-pyrrole nitrogens is 1. The van der Waals surface area contributed by atoms with Crippen molar-refractivity contribution in [3.05, 3.63) is 51.3 Å². The molecule has 1 aromatic heterocycles. The van der Waals surface area contributed by atoms with Crippen LogP contribution in [-0.2, 0) is 4.74 Å². The lowest BCUT2D eigenvalue weighted by molar-refractivity contribution is 0.0716. The highest BCUT2D eigenvalue weighted by Gasteiger charge is 2.28. The predicted molar refractivity (Wildman–Crippen MR) is 89.2 cm³/mol. The largest absolute Gasteiger partial charge is 0.497 e. The number of fused-ring (bicyclic) bond motifs is 1. The molecule has 1 aliphatic rings. The zero-order valence-electron chi connectivity index (χ0n) is 12.9. The van der Waals surface area contributed by atoms with Gasteiger partial charge in [0.25, 0.3) is 0 Å². The van der Waals surface area contributed by atoms with Crippen LogP contribution in [0.1, 0.15) is 27.2 Å². The number of carbonyl (C=O) groups excluding carboxylic acids is 1. The van der Waals surface area contributed by atoms with Crippen molar-refractivity contribution in [1.29, 1.82) is 0 Å². The maximum atomic E-state index is 12.1. The molecular weight excluding hydrogens is 314 g/mol. The Morgan fingerprint density at radius 2 is 2.00 bits per heavy atom. The van der Waals surface area contributed by atoms with E-state index in [-0.39, 0.29) is 0 Å². The van der Waals surface area contributed by atoms with E-state index in [0.29, 0.717) is 33.0 Å². The number of benzene rings is 1. The Hall–Kier alpha value is -2.60.